The number of hydrogen-bond donors (Lipinski definition) is 1. The fourth-order valence-electron chi connectivity index (χ4n) is 1.99. The zero-order valence-electron chi connectivity index (χ0n) is 10.5. The molecular formula is C15H14BrF2N. The third-order valence-electron chi connectivity index (χ3n) is 3.06. The predicted octanol–water partition coefficient (Wildman–Crippen LogP) is 4.23. The van der Waals surface area contributed by atoms with Crippen LogP contribution in [0.1, 0.15) is 17.2 Å². The SMILES string of the molecule is CNC(Cc1ccc(F)cc1Br)c1ccc(F)cc1. The van der Waals surface area contributed by atoms with Crippen LogP contribution in [0.15, 0.2) is 46.9 Å². The molecule has 1 atom stereocenters. The van der Waals surface area contributed by atoms with Crippen molar-refractivity contribution in [2.45, 2.75) is 12.5 Å². The van der Waals surface area contributed by atoms with Crippen molar-refractivity contribution in [3.8, 4) is 0 Å². The number of rotatable bonds is 4. The standard InChI is InChI=1S/C15H14BrF2N/c1-19-15(10-2-5-12(17)6-3-10)8-11-4-7-13(18)9-14(11)16/h2-7,9,15,19H,8H2,1H3. The lowest BCUT2D eigenvalue weighted by Crippen LogP contribution is -2.19. The molecule has 0 spiro atoms. The Labute approximate surface area is 119 Å². The van der Waals surface area contributed by atoms with Crippen molar-refractivity contribution in [2.75, 3.05) is 7.05 Å². The van der Waals surface area contributed by atoms with Gasteiger partial charge in [0.15, 0.2) is 0 Å². The van der Waals surface area contributed by atoms with Gasteiger partial charge in [0, 0.05) is 10.5 Å². The average molecular weight is 326 g/mol. The van der Waals surface area contributed by atoms with Gasteiger partial charge in [0.2, 0.25) is 0 Å². The molecule has 0 aliphatic rings. The van der Waals surface area contributed by atoms with Crippen molar-refractivity contribution in [3.63, 3.8) is 0 Å². The van der Waals surface area contributed by atoms with E-state index in [1.165, 1.54) is 24.3 Å². The van der Waals surface area contributed by atoms with E-state index in [1.807, 2.05) is 7.05 Å². The Hall–Kier alpha value is -1.26. The van der Waals surface area contributed by atoms with Crippen LogP contribution >= 0.6 is 15.9 Å². The molecule has 0 aromatic heterocycles. The van der Waals surface area contributed by atoms with Crippen LogP contribution in [0, 0.1) is 11.6 Å². The van der Waals surface area contributed by atoms with E-state index in [4.69, 9.17) is 0 Å². The van der Waals surface area contributed by atoms with Crippen LogP contribution in [0.4, 0.5) is 8.78 Å². The molecule has 0 heterocycles. The van der Waals surface area contributed by atoms with E-state index in [-0.39, 0.29) is 17.7 Å². The Morgan fingerprint density at radius 1 is 1.05 bits per heavy atom. The van der Waals surface area contributed by atoms with E-state index in [1.54, 1.807) is 18.2 Å². The Morgan fingerprint density at radius 3 is 2.26 bits per heavy atom. The lowest BCUT2D eigenvalue weighted by Gasteiger charge is -2.17. The summed E-state index contributed by atoms with van der Waals surface area (Å²) in [6.07, 6.45) is 0.697. The van der Waals surface area contributed by atoms with Crippen molar-refractivity contribution in [3.05, 3.63) is 69.7 Å². The molecular weight excluding hydrogens is 312 g/mol. The van der Waals surface area contributed by atoms with Crippen LogP contribution < -0.4 is 5.32 Å². The van der Waals surface area contributed by atoms with Gasteiger partial charge in [-0.1, -0.05) is 34.1 Å². The molecule has 2 aromatic carbocycles. The lowest BCUT2D eigenvalue weighted by atomic mass is 9.99. The molecule has 0 radical (unpaired) electrons. The second-order valence-corrected chi connectivity index (χ2v) is 5.19. The number of halogens is 3. The van der Waals surface area contributed by atoms with Crippen molar-refractivity contribution in [2.24, 2.45) is 0 Å². The second-order valence-electron chi connectivity index (χ2n) is 4.33. The Kier molecular flexibility index (Phi) is 4.66. The molecule has 1 unspecified atom stereocenters. The normalized spacial score (nSPS) is 12.4. The first-order chi connectivity index (χ1) is 9.10. The Morgan fingerprint density at radius 2 is 1.68 bits per heavy atom. The monoisotopic (exact) mass is 325 g/mol. The van der Waals surface area contributed by atoms with Gasteiger partial charge in [-0.25, -0.2) is 8.78 Å². The highest BCUT2D eigenvalue weighted by molar-refractivity contribution is 9.10. The summed E-state index contributed by atoms with van der Waals surface area (Å²) in [6, 6.07) is 11.1. The van der Waals surface area contributed by atoms with E-state index >= 15 is 0 Å². The minimum Gasteiger partial charge on any atom is -0.313 e. The molecule has 0 bridgehead atoms. The van der Waals surface area contributed by atoms with Crippen LogP contribution in [0.2, 0.25) is 0 Å². The van der Waals surface area contributed by atoms with Crippen molar-refractivity contribution in [1.29, 1.82) is 0 Å². The van der Waals surface area contributed by atoms with Gasteiger partial charge in [-0.2, -0.15) is 0 Å². The maximum absolute atomic E-state index is 13.0. The first-order valence-electron chi connectivity index (χ1n) is 5.97. The largest absolute Gasteiger partial charge is 0.313 e. The molecule has 0 aliphatic heterocycles. The third-order valence-corrected chi connectivity index (χ3v) is 3.80. The molecule has 2 rings (SSSR count). The number of likely N-dealkylation sites (N-methyl/N-ethyl adjacent to an activating group) is 1. The summed E-state index contributed by atoms with van der Waals surface area (Å²) in [5.41, 5.74) is 2.00. The zero-order valence-corrected chi connectivity index (χ0v) is 12.0. The van der Waals surface area contributed by atoms with Gasteiger partial charge in [0.05, 0.1) is 0 Å². The highest BCUT2D eigenvalue weighted by Gasteiger charge is 2.12. The minimum absolute atomic E-state index is 0.0577. The molecule has 0 saturated carbocycles. The molecule has 0 fully saturated rings. The summed E-state index contributed by atoms with van der Waals surface area (Å²) in [5, 5.41) is 3.19. The Balaban J connectivity index is 2.21. The van der Waals surface area contributed by atoms with Crippen LogP contribution in [-0.2, 0) is 6.42 Å². The zero-order chi connectivity index (χ0) is 13.8. The molecule has 1 N–H and O–H groups in total. The Bertz CT molecular complexity index is 555. The maximum atomic E-state index is 13.0. The summed E-state index contributed by atoms with van der Waals surface area (Å²) in [4.78, 5) is 0. The van der Waals surface area contributed by atoms with Crippen LogP contribution in [0.5, 0.6) is 0 Å². The molecule has 100 valence electrons. The quantitative estimate of drug-likeness (QED) is 0.887. The summed E-state index contributed by atoms with van der Waals surface area (Å²) >= 11 is 3.36. The number of hydrogen-bond acceptors (Lipinski definition) is 1. The van der Waals surface area contributed by atoms with Gasteiger partial charge in [0.1, 0.15) is 11.6 Å². The van der Waals surface area contributed by atoms with Gasteiger partial charge >= 0.3 is 0 Å². The molecule has 19 heavy (non-hydrogen) atoms. The molecule has 1 nitrogen and oxygen atoms in total. The van der Waals surface area contributed by atoms with Gasteiger partial charge in [0.25, 0.3) is 0 Å². The third kappa shape index (κ3) is 3.61. The van der Waals surface area contributed by atoms with E-state index in [0.29, 0.717) is 6.42 Å². The van der Waals surface area contributed by atoms with E-state index in [2.05, 4.69) is 21.2 Å². The summed E-state index contributed by atoms with van der Waals surface area (Å²) in [5.74, 6) is -0.514. The first-order valence-corrected chi connectivity index (χ1v) is 6.76. The fourth-order valence-corrected chi connectivity index (χ4v) is 2.50. The maximum Gasteiger partial charge on any atom is 0.124 e. The van der Waals surface area contributed by atoms with Gasteiger partial charge in [-0.3, -0.25) is 0 Å². The molecule has 0 aliphatic carbocycles. The molecule has 2 aromatic rings. The highest BCUT2D eigenvalue weighted by atomic mass is 79.9. The summed E-state index contributed by atoms with van der Waals surface area (Å²) in [6.45, 7) is 0. The highest BCUT2D eigenvalue weighted by Crippen LogP contribution is 2.24. The smallest absolute Gasteiger partial charge is 0.124 e. The van der Waals surface area contributed by atoms with Crippen molar-refractivity contribution < 1.29 is 8.78 Å². The van der Waals surface area contributed by atoms with Crippen molar-refractivity contribution >= 4 is 15.9 Å². The van der Waals surface area contributed by atoms with Crippen LogP contribution in [-0.4, -0.2) is 7.05 Å². The van der Waals surface area contributed by atoms with Crippen LogP contribution in [0.25, 0.3) is 0 Å². The average Bonchev–Trinajstić information content (AvgIpc) is 2.39. The van der Waals surface area contributed by atoms with E-state index in [9.17, 15) is 8.78 Å². The first kappa shape index (κ1) is 14.2. The number of benzene rings is 2. The fraction of sp³-hybridized carbons (Fsp3) is 0.200. The van der Waals surface area contributed by atoms with Crippen LogP contribution in [0.3, 0.4) is 0 Å². The lowest BCUT2D eigenvalue weighted by molar-refractivity contribution is 0.582. The van der Waals surface area contributed by atoms with Gasteiger partial charge < -0.3 is 5.32 Å². The van der Waals surface area contributed by atoms with Gasteiger partial charge in [-0.15, -0.1) is 0 Å². The second kappa shape index (κ2) is 6.26. The van der Waals surface area contributed by atoms with Crippen molar-refractivity contribution in [1.82, 2.24) is 5.32 Å². The van der Waals surface area contributed by atoms with E-state index in [0.717, 1.165) is 15.6 Å². The topological polar surface area (TPSA) is 12.0 Å². The predicted molar refractivity (Wildman–Crippen MR) is 76.0 cm³/mol. The van der Waals surface area contributed by atoms with E-state index < -0.39 is 0 Å². The molecule has 0 saturated heterocycles. The van der Waals surface area contributed by atoms with Gasteiger partial charge in [-0.05, 0) is 48.9 Å². The summed E-state index contributed by atoms with van der Waals surface area (Å²) < 4.78 is 26.7. The summed E-state index contributed by atoms with van der Waals surface area (Å²) in [7, 11) is 1.85. The number of nitrogens with one attached hydrogen (secondary N) is 1. The minimum atomic E-state index is -0.265. The molecule has 0 amide bonds. The molecule has 4 heteroatoms.